The predicted molar refractivity (Wildman–Crippen MR) is 68.9 cm³/mol. The van der Waals surface area contributed by atoms with Crippen LogP contribution in [-0.2, 0) is 11.3 Å². The number of nitriles is 1. The third kappa shape index (κ3) is 2.74. The molecular formula is C14H15N3O2. The van der Waals surface area contributed by atoms with Crippen LogP contribution in [0.25, 0.3) is 0 Å². The monoisotopic (exact) mass is 257 g/mol. The molecule has 0 radical (unpaired) electrons. The van der Waals surface area contributed by atoms with Crippen LogP contribution in [0.15, 0.2) is 24.3 Å². The van der Waals surface area contributed by atoms with Crippen molar-refractivity contribution in [2.24, 2.45) is 0 Å². The van der Waals surface area contributed by atoms with E-state index in [0.29, 0.717) is 12.0 Å². The van der Waals surface area contributed by atoms with Gasteiger partial charge in [0.05, 0.1) is 18.2 Å². The van der Waals surface area contributed by atoms with Gasteiger partial charge in [0.1, 0.15) is 6.04 Å². The highest BCUT2D eigenvalue weighted by Gasteiger charge is 2.36. The number of nitrogens with one attached hydrogen (secondary N) is 1. The van der Waals surface area contributed by atoms with Crippen LogP contribution in [0.5, 0.6) is 0 Å². The Morgan fingerprint density at radius 3 is 2.58 bits per heavy atom. The third-order valence-corrected chi connectivity index (χ3v) is 3.11. The van der Waals surface area contributed by atoms with E-state index in [-0.39, 0.29) is 18.5 Å². The third-order valence-electron chi connectivity index (χ3n) is 3.11. The lowest BCUT2D eigenvalue weighted by Gasteiger charge is -2.12. The summed E-state index contributed by atoms with van der Waals surface area (Å²) in [7, 11) is 0. The maximum Gasteiger partial charge on any atom is 0.325 e. The fourth-order valence-electron chi connectivity index (χ4n) is 2.08. The quantitative estimate of drug-likeness (QED) is 0.835. The van der Waals surface area contributed by atoms with Crippen LogP contribution in [0.2, 0.25) is 0 Å². The van der Waals surface area contributed by atoms with Crippen molar-refractivity contribution in [2.75, 3.05) is 0 Å². The van der Waals surface area contributed by atoms with Crippen molar-refractivity contribution in [2.45, 2.75) is 32.4 Å². The summed E-state index contributed by atoms with van der Waals surface area (Å²) in [6, 6.07) is 8.16. The molecule has 0 aliphatic carbocycles. The van der Waals surface area contributed by atoms with Crippen LogP contribution in [0.3, 0.4) is 0 Å². The molecule has 0 aromatic heterocycles. The smallest absolute Gasteiger partial charge is 0.325 e. The van der Waals surface area contributed by atoms with E-state index < -0.39 is 6.04 Å². The molecule has 5 heteroatoms. The molecule has 5 nitrogen and oxygen atoms in total. The fraction of sp³-hybridized carbons (Fsp3) is 0.357. The molecule has 1 aliphatic rings. The van der Waals surface area contributed by atoms with Gasteiger partial charge in [0, 0.05) is 0 Å². The summed E-state index contributed by atoms with van der Waals surface area (Å²) in [6.45, 7) is 2.22. The molecule has 1 aliphatic heterocycles. The molecule has 3 amide bonds. The lowest BCUT2D eigenvalue weighted by atomic mass is 10.1. The van der Waals surface area contributed by atoms with Crippen LogP contribution < -0.4 is 5.32 Å². The summed E-state index contributed by atoms with van der Waals surface area (Å²) in [6.07, 6.45) is 1.51. The molecule has 0 bridgehead atoms. The Morgan fingerprint density at radius 2 is 2.00 bits per heavy atom. The Morgan fingerprint density at radius 1 is 1.32 bits per heavy atom. The van der Waals surface area contributed by atoms with Crippen molar-refractivity contribution in [3.05, 3.63) is 35.4 Å². The van der Waals surface area contributed by atoms with Crippen molar-refractivity contribution >= 4 is 11.9 Å². The fourth-order valence-corrected chi connectivity index (χ4v) is 2.08. The van der Waals surface area contributed by atoms with E-state index in [2.05, 4.69) is 5.32 Å². The Hall–Kier alpha value is -2.35. The number of carbonyl (C=O) groups is 2. The van der Waals surface area contributed by atoms with E-state index in [1.807, 2.05) is 13.0 Å². The molecular weight excluding hydrogens is 242 g/mol. The minimum atomic E-state index is -0.393. The zero-order valence-electron chi connectivity index (χ0n) is 10.7. The number of nitrogens with zero attached hydrogens (tertiary/aromatic N) is 2. The first-order valence-electron chi connectivity index (χ1n) is 6.26. The minimum Gasteiger partial charge on any atom is -0.326 e. The normalized spacial score (nSPS) is 18.3. The van der Waals surface area contributed by atoms with Crippen LogP contribution in [0.1, 0.15) is 30.9 Å². The van der Waals surface area contributed by atoms with Crippen LogP contribution in [-0.4, -0.2) is 22.9 Å². The largest absolute Gasteiger partial charge is 0.326 e. The van der Waals surface area contributed by atoms with Gasteiger partial charge in [-0.1, -0.05) is 25.5 Å². The number of carbonyl (C=O) groups excluding carboxylic acids is 2. The second-order valence-corrected chi connectivity index (χ2v) is 4.52. The maximum absolute atomic E-state index is 12.0. The molecule has 0 spiro atoms. The lowest BCUT2D eigenvalue weighted by molar-refractivity contribution is -0.128. The molecule has 1 saturated heterocycles. The van der Waals surface area contributed by atoms with Gasteiger partial charge < -0.3 is 5.32 Å². The highest BCUT2D eigenvalue weighted by atomic mass is 16.2. The lowest BCUT2D eigenvalue weighted by Crippen LogP contribution is -2.30. The van der Waals surface area contributed by atoms with Gasteiger partial charge in [0.2, 0.25) is 0 Å². The summed E-state index contributed by atoms with van der Waals surface area (Å²) >= 11 is 0. The predicted octanol–water partition coefficient (Wildman–Crippen LogP) is 1.78. The highest BCUT2D eigenvalue weighted by molar-refractivity contribution is 6.04. The zero-order chi connectivity index (χ0) is 13.8. The molecule has 0 unspecified atom stereocenters. The summed E-state index contributed by atoms with van der Waals surface area (Å²) in [5.41, 5.74) is 1.39. The number of hydrogen-bond donors (Lipinski definition) is 1. The van der Waals surface area contributed by atoms with Crippen LogP contribution >= 0.6 is 0 Å². The van der Waals surface area contributed by atoms with E-state index in [0.717, 1.165) is 12.0 Å². The number of rotatable bonds is 4. The average Bonchev–Trinajstić information content (AvgIpc) is 2.68. The number of urea groups is 1. The average molecular weight is 257 g/mol. The number of hydrogen-bond acceptors (Lipinski definition) is 3. The van der Waals surface area contributed by atoms with Crippen molar-refractivity contribution in [3.63, 3.8) is 0 Å². The molecule has 1 heterocycles. The van der Waals surface area contributed by atoms with Crippen LogP contribution in [0.4, 0.5) is 4.79 Å². The minimum absolute atomic E-state index is 0.170. The first kappa shape index (κ1) is 13.1. The van der Waals surface area contributed by atoms with E-state index in [4.69, 9.17) is 5.26 Å². The van der Waals surface area contributed by atoms with Gasteiger partial charge in [-0.15, -0.1) is 0 Å². The van der Waals surface area contributed by atoms with Gasteiger partial charge in [-0.3, -0.25) is 9.69 Å². The molecule has 19 heavy (non-hydrogen) atoms. The van der Waals surface area contributed by atoms with E-state index in [1.54, 1.807) is 24.3 Å². The van der Waals surface area contributed by atoms with Crippen molar-refractivity contribution < 1.29 is 9.59 Å². The Labute approximate surface area is 111 Å². The van der Waals surface area contributed by atoms with Gasteiger partial charge >= 0.3 is 6.03 Å². The van der Waals surface area contributed by atoms with E-state index in [9.17, 15) is 9.59 Å². The highest BCUT2D eigenvalue weighted by Crippen LogP contribution is 2.15. The van der Waals surface area contributed by atoms with E-state index in [1.165, 1.54) is 4.90 Å². The second kappa shape index (κ2) is 5.53. The zero-order valence-corrected chi connectivity index (χ0v) is 10.7. The SMILES string of the molecule is CCC[C@@H]1NC(=O)N(Cc2ccc(C#N)cc2)C1=O. The number of benzene rings is 1. The molecule has 0 saturated carbocycles. The van der Waals surface area contributed by atoms with Crippen molar-refractivity contribution in [1.82, 2.24) is 10.2 Å². The van der Waals surface area contributed by atoms with Gasteiger partial charge in [-0.2, -0.15) is 5.26 Å². The van der Waals surface area contributed by atoms with Crippen molar-refractivity contribution in [1.29, 1.82) is 5.26 Å². The number of amides is 3. The Balaban J connectivity index is 2.08. The maximum atomic E-state index is 12.0. The molecule has 1 aromatic rings. The summed E-state index contributed by atoms with van der Waals surface area (Å²) in [4.78, 5) is 25.0. The standard InChI is InChI=1S/C14H15N3O2/c1-2-3-12-13(18)17(14(19)16-12)9-11-6-4-10(8-15)5-7-11/h4-7,12H,2-3,9H2,1H3,(H,16,19)/t12-/m0/s1. The summed E-state index contributed by atoms with van der Waals surface area (Å²) < 4.78 is 0. The molecule has 2 rings (SSSR count). The molecule has 98 valence electrons. The van der Waals surface area contributed by atoms with Crippen molar-refractivity contribution in [3.8, 4) is 6.07 Å². The Kier molecular flexibility index (Phi) is 3.81. The second-order valence-electron chi connectivity index (χ2n) is 4.52. The first-order valence-corrected chi connectivity index (χ1v) is 6.26. The summed E-state index contributed by atoms with van der Waals surface area (Å²) in [5, 5.41) is 11.4. The summed E-state index contributed by atoms with van der Waals surface area (Å²) in [5.74, 6) is -0.170. The van der Waals surface area contributed by atoms with Gasteiger partial charge in [0.25, 0.3) is 5.91 Å². The molecule has 1 atom stereocenters. The first-order chi connectivity index (χ1) is 9.15. The molecule has 1 N–H and O–H groups in total. The molecule has 1 aromatic carbocycles. The number of imide groups is 1. The van der Waals surface area contributed by atoms with Gasteiger partial charge in [0.15, 0.2) is 0 Å². The molecule has 1 fully saturated rings. The Bertz CT molecular complexity index is 531. The van der Waals surface area contributed by atoms with Gasteiger partial charge in [-0.05, 0) is 24.1 Å². The van der Waals surface area contributed by atoms with E-state index >= 15 is 0 Å². The van der Waals surface area contributed by atoms with Gasteiger partial charge in [-0.25, -0.2) is 4.79 Å². The topological polar surface area (TPSA) is 73.2 Å². The van der Waals surface area contributed by atoms with Crippen LogP contribution in [0, 0.1) is 11.3 Å².